The summed E-state index contributed by atoms with van der Waals surface area (Å²) in [6, 6.07) is 19.1. The van der Waals surface area contributed by atoms with Crippen molar-refractivity contribution in [3.05, 3.63) is 60.2 Å². The minimum absolute atomic E-state index is 0.205. The lowest BCUT2D eigenvalue weighted by molar-refractivity contribution is -0.150. The van der Waals surface area contributed by atoms with Gasteiger partial charge in [0.2, 0.25) is 6.10 Å². The molecule has 6 heteroatoms. The molecule has 3 unspecified atom stereocenters. The first-order valence-corrected chi connectivity index (χ1v) is 10.2. The molecule has 0 spiro atoms. The van der Waals surface area contributed by atoms with Gasteiger partial charge in [0, 0.05) is 34.8 Å². The lowest BCUT2D eigenvalue weighted by Crippen LogP contribution is -2.15. The molecule has 1 N–H and O–H groups in total. The molecule has 1 aliphatic carbocycles. The molecule has 0 aromatic heterocycles. The van der Waals surface area contributed by atoms with Crippen LogP contribution in [0, 0.1) is 22.7 Å². The van der Waals surface area contributed by atoms with E-state index in [1.807, 2.05) is 62.4 Å². The second kappa shape index (κ2) is 9.30. The maximum Gasteiger partial charge on any atom is 0.313 e. The second-order valence-electron chi connectivity index (χ2n) is 7.70. The number of carbonyl (C=O) groups excluding carboxylic acids is 1. The Bertz CT molecular complexity index is 879. The molecular formula is C23H25ClN2O3. The van der Waals surface area contributed by atoms with E-state index in [2.05, 4.69) is 11.4 Å². The summed E-state index contributed by atoms with van der Waals surface area (Å²) in [5, 5.41) is 12.9. The number of carbonyl (C=O) groups is 1. The van der Waals surface area contributed by atoms with Crippen molar-refractivity contribution in [2.24, 2.45) is 11.3 Å². The standard InChI is InChI=1S/C23H25ClN2O3/c1-23(2)20(21(23)28-13-7-12-24)22(27)29-19(15-25)16-8-6-11-18(14-16)26-17-9-4-3-5-10-17/h3-6,8-11,14,19-21,26H,7,12-13H2,1-2H3. The van der Waals surface area contributed by atoms with Gasteiger partial charge in [-0.2, -0.15) is 5.26 Å². The average molecular weight is 413 g/mol. The van der Waals surface area contributed by atoms with Crippen molar-refractivity contribution >= 4 is 28.9 Å². The minimum Gasteiger partial charge on any atom is -0.442 e. The molecule has 2 aromatic rings. The monoisotopic (exact) mass is 412 g/mol. The molecule has 5 nitrogen and oxygen atoms in total. The maximum absolute atomic E-state index is 12.7. The topological polar surface area (TPSA) is 71.3 Å². The van der Waals surface area contributed by atoms with Gasteiger partial charge in [-0.25, -0.2) is 0 Å². The van der Waals surface area contributed by atoms with Gasteiger partial charge in [-0.05, 0) is 30.7 Å². The number of benzene rings is 2. The van der Waals surface area contributed by atoms with Crippen molar-refractivity contribution in [3.8, 4) is 6.07 Å². The van der Waals surface area contributed by atoms with Crippen LogP contribution < -0.4 is 5.32 Å². The number of nitrogens with one attached hydrogen (secondary N) is 1. The highest BCUT2D eigenvalue weighted by atomic mass is 35.5. The first kappa shape index (κ1) is 21.2. The number of ether oxygens (including phenoxy) is 2. The summed E-state index contributed by atoms with van der Waals surface area (Å²) in [5.41, 5.74) is 2.07. The summed E-state index contributed by atoms with van der Waals surface area (Å²) in [5.74, 6) is -0.260. The van der Waals surface area contributed by atoms with Crippen LogP contribution in [0.4, 0.5) is 11.4 Å². The van der Waals surface area contributed by atoms with Crippen LogP contribution in [0.3, 0.4) is 0 Å². The van der Waals surface area contributed by atoms with Crippen LogP contribution >= 0.6 is 11.6 Å². The minimum atomic E-state index is -0.972. The van der Waals surface area contributed by atoms with Crippen LogP contribution in [0.5, 0.6) is 0 Å². The molecule has 1 saturated carbocycles. The smallest absolute Gasteiger partial charge is 0.313 e. The number of rotatable bonds is 9. The molecule has 1 aliphatic rings. The van der Waals surface area contributed by atoms with Crippen LogP contribution in [0.25, 0.3) is 0 Å². The summed E-state index contributed by atoms with van der Waals surface area (Å²) < 4.78 is 11.3. The summed E-state index contributed by atoms with van der Waals surface area (Å²) in [6.45, 7) is 4.45. The Morgan fingerprint density at radius 1 is 1.21 bits per heavy atom. The number of anilines is 2. The van der Waals surface area contributed by atoms with Crippen LogP contribution in [0.15, 0.2) is 54.6 Å². The number of esters is 1. The van der Waals surface area contributed by atoms with Gasteiger partial charge in [-0.15, -0.1) is 11.6 Å². The average Bonchev–Trinajstić information content (AvgIpc) is 3.27. The summed E-state index contributed by atoms with van der Waals surface area (Å²) in [4.78, 5) is 12.7. The molecule has 0 saturated heterocycles. The van der Waals surface area contributed by atoms with Crippen molar-refractivity contribution in [1.82, 2.24) is 0 Å². The van der Waals surface area contributed by atoms with Gasteiger partial charge < -0.3 is 14.8 Å². The van der Waals surface area contributed by atoms with Gasteiger partial charge in [-0.3, -0.25) is 4.79 Å². The van der Waals surface area contributed by atoms with Gasteiger partial charge in [-0.1, -0.05) is 44.2 Å². The molecule has 0 bridgehead atoms. The number of alkyl halides is 1. The number of hydrogen-bond acceptors (Lipinski definition) is 5. The van der Waals surface area contributed by atoms with Gasteiger partial charge in [0.05, 0.1) is 12.0 Å². The first-order chi connectivity index (χ1) is 14.0. The molecule has 3 rings (SSSR count). The van der Waals surface area contributed by atoms with E-state index in [0.29, 0.717) is 18.1 Å². The number of nitrogens with zero attached hydrogens (tertiary/aromatic N) is 1. The number of hydrogen-bond donors (Lipinski definition) is 1. The number of para-hydroxylation sites is 1. The van der Waals surface area contributed by atoms with E-state index < -0.39 is 12.1 Å². The Labute approximate surface area is 176 Å². The van der Waals surface area contributed by atoms with E-state index in [1.165, 1.54) is 0 Å². The first-order valence-electron chi connectivity index (χ1n) is 9.67. The Morgan fingerprint density at radius 2 is 1.93 bits per heavy atom. The predicted octanol–water partition coefficient (Wildman–Crippen LogP) is 5.21. The van der Waals surface area contributed by atoms with Crippen molar-refractivity contribution in [2.75, 3.05) is 17.8 Å². The lowest BCUT2D eigenvalue weighted by Gasteiger charge is -2.14. The quantitative estimate of drug-likeness (QED) is 0.348. The molecule has 1 fully saturated rings. The van der Waals surface area contributed by atoms with Crippen LogP contribution in [-0.2, 0) is 14.3 Å². The number of halogens is 1. The van der Waals surface area contributed by atoms with Crippen molar-refractivity contribution in [3.63, 3.8) is 0 Å². The van der Waals surface area contributed by atoms with Gasteiger partial charge in [0.15, 0.2) is 0 Å². The van der Waals surface area contributed by atoms with Crippen LogP contribution in [-0.4, -0.2) is 24.6 Å². The van der Waals surface area contributed by atoms with Crippen molar-refractivity contribution in [2.45, 2.75) is 32.5 Å². The van der Waals surface area contributed by atoms with Gasteiger partial charge >= 0.3 is 5.97 Å². The van der Waals surface area contributed by atoms with Crippen molar-refractivity contribution < 1.29 is 14.3 Å². The van der Waals surface area contributed by atoms with E-state index in [4.69, 9.17) is 21.1 Å². The zero-order valence-electron chi connectivity index (χ0n) is 16.6. The molecule has 29 heavy (non-hydrogen) atoms. The van der Waals surface area contributed by atoms with Crippen LogP contribution in [0.2, 0.25) is 0 Å². The third kappa shape index (κ3) is 5.09. The maximum atomic E-state index is 12.7. The fraction of sp³-hybridized carbons (Fsp3) is 0.391. The molecule has 0 aliphatic heterocycles. The molecule has 152 valence electrons. The van der Waals surface area contributed by atoms with E-state index in [9.17, 15) is 10.1 Å². The van der Waals surface area contributed by atoms with Crippen LogP contribution in [0.1, 0.15) is 31.9 Å². The SMILES string of the molecule is CC1(C)C(OCCCCl)C1C(=O)OC(C#N)c1cccc(Nc2ccccc2)c1. The Morgan fingerprint density at radius 3 is 2.62 bits per heavy atom. The molecule has 0 radical (unpaired) electrons. The van der Waals surface area contributed by atoms with E-state index in [0.717, 1.165) is 17.8 Å². The summed E-state index contributed by atoms with van der Waals surface area (Å²) in [6.07, 6.45) is -0.443. The Kier molecular flexibility index (Phi) is 6.79. The molecule has 0 amide bonds. The molecular weight excluding hydrogens is 388 g/mol. The molecule has 0 heterocycles. The lowest BCUT2D eigenvalue weighted by atomic mass is 10.1. The highest BCUT2D eigenvalue weighted by Gasteiger charge is 2.64. The highest BCUT2D eigenvalue weighted by molar-refractivity contribution is 6.17. The largest absolute Gasteiger partial charge is 0.442 e. The predicted molar refractivity (Wildman–Crippen MR) is 113 cm³/mol. The van der Waals surface area contributed by atoms with E-state index >= 15 is 0 Å². The normalized spacial score (nSPS) is 20.3. The highest BCUT2D eigenvalue weighted by Crippen LogP contribution is 2.55. The summed E-state index contributed by atoms with van der Waals surface area (Å²) >= 11 is 5.68. The Hall–Kier alpha value is -2.55. The van der Waals surface area contributed by atoms with Gasteiger partial charge in [0.1, 0.15) is 6.07 Å². The molecule has 2 aromatic carbocycles. The van der Waals surface area contributed by atoms with Gasteiger partial charge in [0.25, 0.3) is 0 Å². The van der Waals surface area contributed by atoms with E-state index in [1.54, 1.807) is 6.07 Å². The third-order valence-corrected chi connectivity index (χ3v) is 5.43. The van der Waals surface area contributed by atoms with Crippen molar-refractivity contribution in [1.29, 1.82) is 5.26 Å². The fourth-order valence-corrected chi connectivity index (χ4v) is 3.53. The zero-order valence-corrected chi connectivity index (χ0v) is 17.4. The Balaban J connectivity index is 1.65. The number of nitriles is 1. The fourth-order valence-electron chi connectivity index (χ4n) is 3.42. The second-order valence-corrected chi connectivity index (χ2v) is 8.07. The van der Waals surface area contributed by atoms with E-state index in [-0.39, 0.29) is 17.4 Å². The third-order valence-electron chi connectivity index (χ3n) is 5.16. The summed E-state index contributed by atoms with van der Waals surface area (Å²) in [7, 11) is 0. The molecule has 3 atom stereocenters. The zero-order chi connectivity index (χ0) is 20.9.